The van der Waals surface area contributed by atoms with Gasteiger partial charge in [0.1, 0.15) is 0 Å². The molecule has 5 nitrogen and oxygen atoms in total. The maximum Gasteiger partial charge on any atom is 0.414 e. The third-order valence-electron chi connectivity index (χ3n) is 3.76. The molecule has 0 aliphatic carbocycles. The minimum atomic E-state index is -4.61. The summed E-state index contributed by atoms with van der Waals surface area (Å²) in [5.74, 6) is 1.19. The average Bonchev–Trinajstić information content (AvgIpc) is 2.60. The van der Waals surface area contributed by atoms with E-state index in [1.807, 2.05) is 31.3 Å². The van der Waals surface area contributed by atoms with Crippen LogP contribution in [0.25, 0.3) is 11.3 Å². The van der Waals surface area contributed by atoms with Crippen LogP contribution in [0.5, 0.6) is 5.75 Å². The van der Waals surface area contributed by atoms with Crippen molar-refractivity contribution in [1.29, 1.82) is 0 Å². The van der Waals surface area contributed by atoms with Crippen LogP contribution in [0.3, 0.4) is 0 Å². The molecular weight excluding hydrogens is 565 g/mol. The van der Waals surface area contributed by atoms with Crippen LogP contribution in [0.4, 0.5) is 13.2 Å². The zero-order valence-electron chi connectivity index (χ0n) is 16.9. The van der Waals surface area contributed by atoms with Gasteiger partial charge in [0.25, 0.3) is 0 Å². The molecular formula is C20H26F3IrN2O3-. The molecule has 0 bridgehead atoms. The Balaban J connectivity index is 0.000000616. The number of nitrogens with zero attached hydrogens (tertiary/aromatic N) is 2. The molecule has 0 aliphatic rings. The monoisotopic (exact) mass is 592 g/mol. The van der Waals surface area contributed by atoms with E-state index in [0.717, 1.165) is 28.4 Å². The van der Waals surface area contributed by atoms with Crippen molar-refractivity contribution >= 4 is 0 Å². The maximum absolute atomic E-state index is 11.4. The number of aliphatic hydroxyl groups excluding tert-OH is 2. The van der Waals surface area contributed by atoms with E-state index in [1.165, 1.54) is 6.92 Å². The number of aromatic nitrogens is 2. The second-order valence-electron chi connectivity index (χ2n) is 6.67. The van der Waals surface area contributed by atoms with Crippen molar-refractivity contribution in [2.75, 3.05) is 7.11 Å². The standard InChI is InChI=1S/C15H17N2O.C5H9F3O2.Ir/c1-10(2)14-9-16-15(11(3)17-14)12-6-5-7-13(8-12)18-4;1-3(9)2-4(10)5(6,7)8;/h5,7-10H,1-4H3;3-4,9-10H,2H2,1H3;/q-1;;. The van der Waals surface area contributed by atoms with E-state index in [4.69, 9.17) is 14.9 Å². The van der Waals surface area contributed by atoms with E-state index in [0.29, 0.717) is 5.92 Å². The number of aliphatic hydroxyl groups is 2. The summed E-state index contributed by atoms with van der Waals surface area (Å²) in [7, 11) is 1.65. The van der Waals surface area contributed by atoms with E-state index < -0.39 is 24.8 Å². The first-order chi connectivity index (χ1) is 13.0. The van der Waals surface area contributed by atoms with Crippen LogP contribution in [0.2, 0.25) is 0 Å². The molecule has 165 valence electrons. The first-order valence-corrected chi connectivity index (χ1v) is 8.78. The molecule has 1 heterocycles. The van der Waals surface area contributed by atoms with Crippen molar-refractivity contribution in [3.05, 3.63) is 41.9 Å². The van der Waals surface area contributed by atoms with Gasteiger partial charge in [-0.1, -0.05) is 13.8 Å². The van der Waals surface area contributed by atoms with Gasteiger partial charge in [-0.2, -0.15) is 13.2 Å². The zero-order chi connectivity index (χ0) is 21.5. The Morgan fingerprint density at radius 2 is 1.83 bits per heavy atom. The number of alkyl halides is 3. The van der Waals surface area contributed by atoms with Crippen LogP contribution in [0, 0.1) is 13.0 Å². The summed E-state index contributed by atoms with van der Waals surface area (Å²) < 4.78 is 39.6. The molecule has 29 heavy (non-hydrogen) atoms. The van der Waals surface area contributed by atoms with E-state index in [1.54, 1.807) is 7.11 Å². The number of benzene rings is 1. The molecule has 1 aromatic carbocycles. The Kier molecular flexibility index (Phi) is 11.6. The van der Waals surface area contributed by atoms with Crippen LogP contribution >= 0.6 is 0 Å². The van der Waals surface area contributed by atoms with Gasteiger partial charge in [0.2, 0.25) is 0 Å². The van der Waals surface area contributed by atoms with Crippen molar-refractivity contribution in [1.82, 2.24) is 9.97 Å². The molecule has 0 fully saturated rings. The van der Waals surface area contributed by atoms with Gasteiger partial charge in [-0.15, -0.1) is 29.8 Å². The largest absolute Gasteiger partial charge is 0.516 e. The fraction of sp³-hybridized carbons (Fsp3) is 0.500. The number of hydrogen-bond donors (Lipinski definition) is 2. The molecule has 2 unspecified atom stereocenters. The van der Waals surface area contributed by atoms with Gasteiger partial charge in [-0.05, 0) is 19.8 Å². The normalized spacial score (nSPS) is 13.1. The fourth-order valence-electron chi connectivity index (χ4n) is 2.21. The van der Waals surface area contributed by atoms with Gasteiger partial charge in [-0.3, -0.25) is 4.98 Å². The van der Waals surface area contributed by atoms with Crippen molar-refractivity contribution in [3.8, 4) is 17.0 Å². The molecule has 0 aliphatic heterocycles. The molecule has 2 N–H and O–H groups in total. The minimum Gasteiger partial charge on any atom is -0.516 e. The molecule has 2 aromatic rings. The van der Waals surface area contributed by atoms with Crippen molar-refractivity contribution in [3.63, 3.8) is 0 Å². The van der Waals surface area contributed by atoms with Gasteiger partial charge in [0.05, 0.1) is 18.9 Å². The Morgan fingerprint density at radius 1 is 1.21 bits per heavy atom. The summed E-state index contributed by atoms with van der Waals surface area (Å²) in [5.41, 5.74) is 3.71. The van der Waals surface area contributed by atoms with Crippen molar-refractivity contribution in [2.45, 2.75) is 58.4 Å². The fourth-order valence-corrected chi connectivity index (χ4v) is 2.21. The summed E-state index contributed by atoms with van der Waals surface area (Å²) in [6.45, 7) is 7.39. The quantitative estimate of drug-likeness (QED) is 0.514. The Bertz CT molecular complexity index is 756. The van der Waals surface area contributed by atoms with Gasteiger partial charge < -0.3 is 19.9 Å². The number of aryl methyl sites for hydroxylation is 1. The topological polar surface area (TPSA) is 75.5 Å². The van der Waals surface area contributed by atoms with Gasteiger partial charge >= 0.3 is 6.18 Å². The zero-order valence-corrected chi connectivity index (χ0v) is 19.3. The smallest absolute Gasteiger partial charge is 0.414 e. The van der Waals surface area contributed by atoms with Crippen LogP contribution in [-0.2, 0) is 20.1 Å². The van der Waals surface area contributed by atoms with Crippen molar-refractivity contribution in [2.24, 2.45) is 0 Å². The van der Waals surface area contributed by atoms with E-state index in [-0.39, 0.29) is 20.1 Å². The predicted octanol–water partition coefficient (Wildman–Crippen LogP) is 4.06. The van der Waals surface area contributed by atoms with Crippen LogP contribution in [0.15, 0.2) is 24.4 Å². The van der Waals surface area contributed by atoms with Crippen LogP contribution < -0.4 is 4.74 Å². The molecule has 1 aromatic heterocycles. The third kappa shape index (κ3) is 9.21. The Labute approximate surface area is 182 Å². The van der Waals surface area contributed by atoms with Crippen LogP contribution in [0.1, 0.15) is 44.5 Å². The molecule has 0 amide bonds. The van der Waals surface area contributed by atoms with Crippen LogP contribution in [-0.4, -0.2) is 45.7 Å². The first-order valence-electron chi connectivity index (χ1n) is 8.78. The number of ether oxygens (including phenoxy) is 1. The molecule has 0 saturated heterocycles. The summed E-state index contributed by atoms with van der Waals surface area (Å²) >= 11 is 0. The second kappa shape index (κ2) is 12.2. The molecule has 0 saturated carbocycles. The van der Waals surface area contributed by atoms with Gasteiger partial charge in [-0.25, -0.2) is 0 Å². The predicted molar refractivity (Wildman–Crippen MR) is 100 cm³/mol. The summed E-state index contributed by atoms with van der Waals surface area (Å²) in [5, 5.41) is 16.7. The van der Waals surface area contributed by atoms with E-state index in [9.17, 15) is 13.2 Å². The molecule has 2 rings (SSSR count). The third-order valence-corrected chi connectivity index (χ3v) is 3.76. The summed E-state index contributed by atoms with van der Waals surface area (Å²) in [6, 6.07) is 8.80. The number of rotatable bonds is 5. The van der Waals surface area contributed by atoms with E-state index >= 15 is 0 Å². The second-order valence-corrected chi connectivity index (χ2v) is 6.67. The number of hydrogen-bond acceptors (Lipinski definition) is 5. The van der Waals surface area contributed by atoms with Crippen molar-refractivity contribution < 1.29 is 48.2 Å². The SMILES string of the molecule is CC(O)CC(O)C(F)(F)F.COc1cc[c-]c(-c2ncc(C(C)C)nc2C)c1.[Ir]. The first kappa shape index (κ1) is 27.5. The molecule has 2 atom stereocenters. The Hall–Kier alpha value is -1.54. The molecule has 0 spiro atoms. The average molecular weight is 592 g/mol. The number of methoxy groups -OCH3 is 1. The minimum absolute atomic E-state index is 0. The molecule has 1 radical (unpaired) electrons. The van der Waals surface area contributed by atoms with Gasteiger partial charge in [0, 0.05) is 49.9 Å². The Morgan fingerprint density at radius 3 is 2.24 bits per heavy atom. The number of halogens is 3. The summed E-state index contributed by atoms with van der Waals surface area (Å²) in [6.07, 6.45) is -6.98. The summed E-state index contributed by atoms with van der Waals surface area (Å²) in [4.78, 5) is 9.08. The van der Waals surface area contributed by atoms with E-state index in [2.05, 4.69) is 29.9 Å². The maximum atomic E-state index is 11.4. The molecule has 9 heteroatoms. The van der Waals surface area contributed by atoms with Gasteiger partial charge in [0.15, 0.2) is 6.10 Å².